The first-order chi connectivity index (χ1) is 7.20. The summed E-state index contributed by atoms with van der Waals surface area (Å²) in [5.74, 6) is 0.185. The fourth-order valence-corrected chi connectivity index (χ4v) is 1.43. The van der Waals surface area contributed by atoms with Crippen molar-refractivity contribution in [1.29, 1.82) is 0 Å². The Hall–Kier alpha value is -1.81. The lowest BCUT2D eigenvalue weighted by Crippen LogP contribution is -2.07. The SMILES string of the molecule is C=CC(=O)Nc1n[nH]c2cc(Cl)ccc12. The van der Waals surface area contributed by atoms with E-state index in [0.717, 1.165) is 10.9 Å². The number of H-pyrrole nitrogens is 1. The molecule has 4 nitrogen and oxygen atoms in total. The highest BCUT2D eigenvalue weighted by Crippen LogP contribution is 2.23. The lowest BCUT2D eigenvalue weighted by molar-refractivity contribution is -0.111. The standard InChI is InChI=1S/C10H8ClN3O/c1-2-9(15)12-10-7-4-3-6(11)5-8(7)13-14-10/h2-5H,1H2,(H2,12,13,14,15). The van der Waals surface area contributed by atoms with Crippen LogP contribution in [0.1, 0.15) is 0 Å². The summed E-state index contributed by atoms with van der Waals surface area (Å²) >= 11 is 5.81. The molecule has 0 spiro atoms. The minimum absolute atomic E-state index is 0.293. The van der Waals surface area contributed by atoms with Crippen LogP contribution in [0.3, 0.4) is 0 Å². The zero-order chi connectivity index (χ0) is 10.8. The molecule has 0 aliphatic heterocycles. The van der Waals surface area contributed by atoms with Crippen molar-refractivity contribution in [2.75, 3.05) is 5.32 Å². The third-order valence-corrected chi connectivity index (χ3v) is 2.19. The molecule has 1 amide bonds. The van der Waals surface area contributed by atoms with Gasteiger partial charge >= 0.3 is 0 Å². The molecule has 0 radical (unpaired) electrons. The Morgan fingerprint density at radius 2 is 2.40 bits per heavy atom. The van der Waals surface area contributed by atoms with Crippen molar-refractivity contribution in [3.05, 3.63) is 35.9 Å². The molecule has 0 aliphatic carbocycles. The number of fused-ring (bicyclic) bond motifs is 1. The van der Waals surface area contributed by atoms with Crippen LogP contribution in [-0.4, -0.2) is 16.1 Å². The van der Waals surface area contributed by atoms with Crippen molar-refractivity contribution < 1.29 is 4.79 Å². The van der Waals surface area contributed by atoms with E-state index < -0.39 is 0 Å². The number of nitrogens with zero attached hydrogens (tertiary/aromatic N) is 1. The number of rotatable bonds is 2. The van der Waals surface area contributed by atoms with Crippen molar-refractivity contribution in [2.45, 2.75) is 0 Å². The third-order valence-electron chi connectivity index (χ3n) is 1.95. The third kappa shape index (κ3) is 1.85. The smallest absolute Gasteiger partial charge is 0.248 e. The molecular formula is C10H8ClN3O. The number of halogens is 1. The van der Waals surface area contributed by atoms with Crippen LogP contribution in [0.4, 0.5) is 5.82 Å². The molecular weight excluding hydrogens is 214 g/mol. The highest BCUT2D eigenvalue weighted by molar-refractivity contribution is 6.31. The van der Waals surface area contributed by atoms with Crippen LogP contribution >= 0.6 is 11.6 Å². The number of aromatic amines is 1. The van der Waals surface area contributed by atoms with Crippen molar-refractivity contribution in [2.24, 2.45) is 0 Å². The highest BCUT2D eigenvalue weighted by atomic mass is 35.5. The molecule has 0 unspecified atom stereocenters. The van der Waals surface area contributed by atoms with E-state index in [1.54, 1.807) is 18.2 Å². The summed E-state index contributed by atoms with van der Waals surface area (Å²) in [6, 6.07) is 5.27. The minimum Gasteiger partial charge on any atom is -0.305 e. The van der Waals surface area contributed by atoms with E-state index >= 15 is 0 Å². The largest absolute Gasteiger partial charge is 0.305 e. The second kappa shape index (κ2) is 3.74. The van der Waals surface area contributed by atoms with Crippen LogP contribution in [-0.2, 0) is 4.79 Å². The first kappa shape index (κ1) is 9.73. The van der Waals surface area contributed by atoms with E-state index in [-0.39, 0.29) is 5.91 Å². The van der Waals surface area contributed by atoms with E-state index in [1.165, 1.54) is 6.08 Å². The molecule has 1 aromatic carbocycles. The molecule has 5 heteroatoms. The van der Waals surface area contributed by atoms with E-state index in [0.29, 0.717) is 10.8 Å². The molecule has 0 aliphatic rings. The average Bonchev–Trinajstić information content (AvgIpc) is 2.60. The number of carbonyl (C=O) groups is 1. The molecule has 2 rings (SSSR count). The molecule has 0 saturated carbocycles. The number of hydrogen-bond acceptors (Lipinski definition) is 2. The number of aromatic nitrogens is 2. The fraction of sp³-hybridized carbons (Fsp3) is 0. The van der Waals surface area contributed by atoms with E-state index in [4.69, 9.17) is 11.6 Å². The van der Waals surface area contributed by atoms with Gasteiger partial charge in [0.2, 0.25) is 5.91 Å². The van der Waals surface area contributed by atoms with Gasteiger partial charge in [0, 0.05) is 10.4 Å². The van der Waals surface area contributed by atoms with E-state index in [9.17, 15) is 4.79 Å². The first-order valence-electron chi connectivity index (χ1n) is 4.28. The van der Waals surface area contributed by atoms with Crippen LogP contribution in [0.2, 0.25) is 5.02 Å². The van der Waals surface area contributed by atoms with Gasteiger partial charge in [-0.25, -0.2) is 0 Å². The Balaban J connectivity index is 2.45. The Morgan fingerprint density at radius 3 is 3.13 bits per heavy atom. The van der Waals surface area contributed by atoms with Gasteiger partial charge in [-0.1, -0.05) is 18.2 Å². The van der Waals surface area contributed by atoms with Crippen molar-refractivity contribution in [3.8, 4) is 0 Å². The summed E-state index contributed by atoms with van der Waals surface area (Å²) in [4.78, 5) is 11.1. The molecule has 0 saturated heterocycles. The summed E-state index contributed by atoms with van der Waals surface area (Å²) in [7, 11) is 0. The van der Waals surface area contributed by atoms with Gasteiger partial charge in [0.05, 0.1) is 5.52 Å². The maximum atomic E-state index is 11.1. The zero-order valence-corrected chi connectivity index (χ0v) is 8.51. The lowest BCUT2D eigenvalue weighted by Gasteiger charge is -1.97. The van der Waals surface area contributed by atoms with Gasteiger partial charge in [-0.3, -0.25) is 9.89 Å². The average molecular weight is 222 g/mol. The van der Waals surface area contributed by atoms with Crippen molar-refractivity contribution >= 4 is 34.2 Å². The van der Waals surface area contributed by atoms with Crippen LogP contribution in [0, 0.1) is 0 Å². The normalized spacial score (nSPS) is 10.2. The second-order valence-electron chi connectivity index (χ2n) is 2.96. The number of benzene rings is 1. The predicted octanol–water partition coefficient (Wildman–Crippen LogP) is 2.34. The predicted molar refractivity (Wildman–Crippen MR) is 59.9 cm³/mol. The monoisotopic (exact) mass is 221 g/mol. The van der Waals surface area contributed by atoms with Crippen LogP contribution < -0.4 is 5.32 Å². The molecule has 1 aromatic heterocycles. The van der Waals surface area contributed by atoms with Gasteiger partial charge < -0.3 is 5.32 Å². The molecule has 0 bridgehead atoms. The summed E-state index contributed by atoms with van der Waals surface area (Å²) in [5.41, 5.74) is 0.780. The molecule has 2 N–H and O–H groups in total. The Kier molecular flexibility index (Phi) is 2.43. The summed E-state index contributed by atoms with van der Waals surface area (Å²) < 4.78 is 0. The molecule has 1 heterocycles. The van der Waals surface area contributed by atoms with Gasteiger partial charge in [0.1, 0.15) is 0 Å². The second-order valence-corrected chi connectivity index (χ2v) is 3.39. The minimum atomic E-state index is -0.293. The number of carbonyl (C=O) groups excluding carboxylic acids is 1. The summed E-state index contributed by atoms with van der Waals surface area (Å²) in [6.45, 7) is 3.36. The van der Waals surface area contributed by atoms with Gasteiger partial charge in [-0.15, -0.1) is 0 Å². The van der Waals surface area contributed by atoms with Gasteiger partial charge in [-0.2, -0.15) is 5.10 Å². The maximum Gasteiger partial charge on any atom is 0.248 e. The van der Waals surface area contributed by atoms with Crippen molar-refractivity contribution in [3.63, 3.8) is 0 Å². The quantitative estimate of drug-likeness (QED) is 0.765. The topological polar surface area (TPSA) is 57.8 Å². The van der Waals surface area contributed by atoms with Crippen molar-refractivity contribution in [1.82, 2.24) is 10.2 Å². The summed E-state index contributed by atoms with van der Waals surface area (Å²) in [6.07, 6.45) is 1.19. The van der Waals surface area contributed by atoms with Crippen LogP contribution in [0.5, 0.6) is 0 Å². The highest BCUT2D eigenvalue weighted by Gasteiger charge is 2.07. The summed E-state index contributed by atoms with van der Waals surface area (Å²) in [5, 5.41) is 10.8. The molecule has 0 fully saturated rings. The zero-order valence-electron chi connectivity index (χ0n) is 7.75. The Labute approximate surface area is 90.9 Å². The Bertz CT molecular complexity index is 532. The number of anilines is 1. The number of nitrogens with one attached hydrogen (secondary N) is 2. The molecule has 15 heavy (non-hydrogen) atoms. The Morgan fingerprint density at radius 1 is 1.60 bits per heavy atom. The maximum absolute atomic E-state index is 11.1. The van der Waals surface area contributed by atoms with Crippen LogP contribution in [0.15, 0.2) is 30.9 Å². The van der Waals surface area contributed by atoms with Gasteiger partial charge in [0.25, 0.3) is 0 Å². The lowest BCUT2D eigenvalue weighted by atomic mass is 10.2. The molecule has 0 atom stereocenters. The number of amides is 1. The molecule has 76 valence electrons. The fourth-order valence-electron chi connectivity index (χ4n) is 1.25. The molecule has 2 aromatic rings. The van der Waals surface area contributed by atoms with E-state index in [2.05, 4.69) is 22.1 Å². The van der Waals surface area contributed by atoms with Gasteiger partial charge in [-0.05, 0) is 24.3 Å². The first-order valence-corrected chi connectivity index (χ1v) is 4.65. The number of hydrogen-bond donors (Lipinski definition) is 2. The van der Waals surface area contributed by atoms with Crippen LogP contribution in [0.25, 0.3) is 10.9 Å². The van der Waals surface area contributed by atoms with Gasteiger partial charge in [0.15, 0.2) is 5.82 Å². The van der Waals surface area contributed by atoms with E-state index in [1.807, 2.05) is 0 Å².